The van der Waals surface area contributed by atoms with Crippen molar-refractivity contribution in [1.29, 1.82) is 0 Å². The summed E-state index contributed by atoms with van der Waals surface area (Å²) in [6, 6.07) is 0.0975. The van der Waals surface area contributed by atoms with Crippen molar-refractivity contribution in [2.45, 2.75) is 39.8 Å². The first kappa shape index (κ1) is 13.2. The Hall–Kier alpha value is -0.870. The number of halogens is 1. The molecule has 0 amide bonds. The average molecular weight is 245 g/mol. The normalized spacial score (nSPS) is 13.1. The first-order valence-corrected chi connectivity index (χ1v) is 5.75. The van der Waals surface area contributed by atoms with Gasteiger partial charge in [-0.05, 0) is 27.7 Å². The van der Waals surface area contributed by atoms with E-state index in [0.29, 0.717) is 17.3 Å². The maximum absolute atomic E-state index is 12.1. The molecule has 0 fully saturated rings. The molecular formula is C11H17ClN2O2. The quantitative estimate of drug-likeness (QED) is 0.748. The third-order valence-corrected chi connectivity index (χ3v) is 2.54. The first-order chi connectivity index (χ1) is 7.49. The number of Topliss-reactive ketones (excluding diaryl/α,β-unsaturated/α-hetero) is 1. The van der Waals surface area contributed by atoms with Crippen LogP contribution in [-0.2, 0) is 4.74 Å². The lowest BCUT2D eigenvalue weighted by atomic mass is 10.2. The van der Waals surface area contributed by atoms with Crippen LogP contribution in [0.25, 0.3) is 0 Å². The molecule has 1 aromatic rings. The van der Waals surface area contributed by atoms with Gasteiger partial charge in [0.25, 0.3) is 0 Å². The number of aromatic nitrogens is 2. The summed E-state index contributed by atoms with van der Waals surface area (Å²) in [5.41, 5.74) is 0.428. The second kappa shape index (κ2) is 5.46. The summed E-state index contributed by atoms with van der Waals surface area (Å²) in [6.07, 6.45) is 1.00. The van der Waals surface area contributed by atoms with Crippen molar-refractivity contribution in [2.24, 2.45) is 0 Å². The summed E-state index contributed by atoms with van der Waals surface area (Å²) in [6.45, 7) is 7.97. The predicted molar refractivity (Wildman–Crippen MR) is 63.0 cm³/mol. The smallest absolute Gasteiger partial charge is 0.210 e. The molecule has 1 atom stereocenters. The molecule has 0 saturated heterocycles. The summed E-state index contributed by atoms with van der Waals surface area (Å²) in [7, 11) is 0. The molecule has 0 bridgehead atoms. The van der Waals surface area contributed by atoms with Crippen molar-refractivity contribution in [3.63, 3.8) is 0 Å². The Kier molecular flexibility index (Phi) is 4.50. The summed E-state index contributed by atoms with van der Waals surface area (Å²) in [4.78, 5) is 12.1. The van der Waals surface area contributed by atoms with Gasteiger partial charge in [0.1, 0.15) is 11.8 Å². The van der Waals surface area contributed by atoms with Crippen LogP contribution in [0.4, 0.5) is 0 Å². The van der Waals surface area contributed by atoms with Crippen LogP contribution < -0.4 is 0 Å². The van der Waals surface area contributed by atoms with E-state index in [1.165, 1.54) is 6.20 Å². The van der Waals surface area contributed by atoms with Gasteiger partial charge in [-0.2, -0.15) is 5.10 Å². The van der Waals surface area contributed by atoms with Crippen LogP contribution in [0.5, 0.6) is 0 Å². The van der Waals surface area contributed by atoms with Gasteiger partial charge in [0.15, 0.2) is 0 Å². The molecule has 0 aromatic carbocycles. The van der Waals surface area contributed by atoms with E-state index in [4.69, 9.17) is 16.3 Å². The minimum absolute atomic E-state index is 0.0975. The molecular weight excluding hydrogens is 228 g/mol. The van der Waals surface area contributed by atoms with Crippen molar-refractivity contribution >= 4 is 17.4 Å². The predicted octanol–water partition coefficient (Wildman–Crippen LogP) is 2.73. The summed E-state index contributed by atoms with van der Waals surface area (Å²) >= 11 is 5.97. The van der Waals surface area contributed by atoms with Gasteiger partial charge < -0.3 is 4.74 Å². The zero-order valence-electron chi connectivity index (χ0n) is 10.0. The van der Waals surface area contributed by atoms with Crippen LogP contribution in [0.2, 0.25) is 5.02 Å². The Balaban J connectivity index is 3.02. The van der Waals surface area contributed by atoms with E-state index >= 15 is 0 Å². The van der Waals surface area contributed by atoms with E-state index in [1.54, 1.807) is 11.6 Å². The molecule has 0 aliphatic heterocycles. The maximum Gasteiger partial charge on any atom is 0.210 e. The summed E-state index contributed by atoms with van der Waals surface area (Å²) in [5, 5.41) is 4.47. The zero-order chi connectivity index (χ0) is 12.3. The molecule has 1 rings (SSSR count). The minimum atomic E-state index is -0.489. The van der Waals surface area contributed by atoms with Crippen molar-refractivity contribution in [2.75, 3.05) is 6.61 Å². The van der Waals surface area contributed by atoms with Crippen LogP contribution in [-0.4, -0.2) is 28.3 Å². The van der Waals surface area contributed by atoms with E-state index in [9.17, 15) is 4.79 Å². The third-order valence-electron chi connectivity index (χ3n) is 2.26. The molecule has 0 saturated carbocycles. The van der Waals surface area contributed by atoms with E-state index in [2.05, 4.69) is 5.10 Å². The second-order valence-corrected chi connectivity index (χ2v) is 4.25. The fourth-order valence-electron chi connectivity index (χ4n) is 1.48. The number of ketones is 1. The molecule has 0 N–H and O–H groups in total. The average Bonchev–Trinajstić information content (AvgIpc) is 2.59. The Morgan fingerprint density at radius 1 is 1.56 bits per heavy atom. The van der Waals surface area contributed by atoms with Gasteiger partial charge in [-0.3, -0.25) is 9.48 Å². The highest BCUT2D eigenvalue weighted by Gasteiger charge is 2.24. The van der Waals surface area contributed by atoms with Gasteiger partial charge in [0.05, 0.1) is 11.2 Å². The Labute approximate surface area is 101 Å². The molecule has 5 heteroatoms. The van der Waals surface area contributed by atoms with Crippen LogP contribution in [0.15, 0.2) is 6.20 Å². The van der Waals surface area contributed by atoms with E-state index in [-0.39, 0.29) is 11.8 Å². The molecule has 0 aliphatic rings. The van der Waals surface area contributed by atoms with Crippen LogP contribution >= 0.6 is 11.6 Å². The molecule has 16 heavy (non-hydrogen) atoms. The first-order valence-electron chi connectivity index (χ1n) is 5.37. The number of rotatable bonds is 5. The monoisotopic (exact) mass is 244 g/mol. The Morgan fingerprint density at radius 2 is 2.19 bits per heavy atom. The van der Waals surface area contributed by atoms with Crippen molar-refractivity contribution < 1.29 is 9.53 Å². The number of nitrogens with zero attached hydrogens (tertiary/aromatic N) is 2. The number of hydrogen-bond donors (Lipinski definition) is 0. The van der Waals surface area contributed by atoms with Gasteiger partial charge in [-0.25, -0.2) is 0 Å². The summed E-state index contributed by atoms with van der Waals surface area (Å²) < 4.78 is 6.89. The van der Waals surface area contributed by atoms with Crippen molar-refractivity contribution in [3.8, 4) is 0 Å². The van der Waals surface area contributed by atoms with Crippen LogP contribution in [0.3, 0.4) is 0 Å². The molecule has 1 heterocycles. The lowest BCUT2D eigenvalue weighted by Gasteiger charge is -2.14. The Morgan fingerprint density at radius 3 is 2.69 bits per heavy atom. The Bertz CT molecular complexity index is 374. The SMILES string of the molecule is CCOC(C)C(=O)c1c(Cl)cnn1C(C)C. The number of hydrogen-bond acceptors (Lipinski definition) is 3. The van der Waals surface area contributed by atoms with Crippen molar-refractivity contribution in [3.05, 3.63) is 16.9 Å². The highest BCUT2D eigenvalue weighted by Crippen LogP contribution is 2.21. The molecule has 0 spiro atoms. The second-order valence-electron chi connectivity index (χ2n) is 3.84. The lowest BCUT2D eigenvalue weighted by Crippen LogP contribution is -2.25. The summed E-state index contributed by atoms with van der Waals surface area (Å²) in [5.74, 6) is -0.127. The molecule has 1 unspecified atom stereocenters. The standard InChI is InChI=1S/C11H17ClN2O2/c1-5-16-8(4)11(15)10-9(12)6-13-14(10)7(2)3/h6-8H,5H2,1-4H3. The zero-order valence-corrected chi connectivity index (χ0v) is 10.8. The fourth-order valence-corrected chi connectivity index (χ4v) is 1.70. The van der Waals surface area contributed by atoms with Gasteiger partial charge >= 0.3 is 0 Å². The van der Waals surface area contributed by atoms with E-state index < -0.39 is 6.10 Å². The van der Waals surface area contributed by atoms with Crippen LogP contribution in [0, 0.1) is 0 Å². The molecule has 4 nitrogen and oxygen atoms in total. The molecule has 1 aromatic heterocycles. The molecule has 0 aliphatic carbocycles. The van der Waals surface area contributed by atoms with Gasteiger partial charge in [-0.15, -0.1) is 0 Å². The number of carbonyl (C=O) groups excluding carboxylic acids is 1. The fraction of sp³-hybridized carbons (Fsp3) is 0.636. The topological polar surface area (TPSA) is 44.1 Å². The lowest BCUT2D eigenvalue weighted by molar-refractivity contribution is 0.0509. The molecule has 90 valence electrons. The van der Waals surface area contributed by atoms with E-state index in [0.717, 1.165) is 0 Å². The largest absolute Gasteiger partial charge is 0.371 e. The van der Waals surface area contributed by atoms with E-state index in [1.807, 2.05) is 20.8 Å². The number of ether oxygens (including phenoxy) is 1. The third kappa shape index (κ3) is 2.62. The molecule has 0 radical (unpaired) electrons. The minimum Gasteiger partial charge on any atom is -0.371 e. The van der Waals surface area contributed by atoms with Crippen LogP contribution in [0.1, 0.15) is 44.2 Å². The maximum atomic E-state index is 12.1. The highest BCUT2D eigenvalue weighted by molar-refractivity contribution is 6.33. The van der Waals surface area contributed by atoms with Crippen molar-refractivity contribution in [1.82, 2.24) is 9.78 Å². The highest BCUT2D eigenvalue weighted by atomic mass is 35.5. The number of carbonyl (C=O) groups is 1. The van der Waals surface area contributed by atoms with Gasteiger partial charge in [0, 0.05) is 12.6 Å². The van der Waals surface area contributed by atoms with Gasteiger partial charge in [0.2, 0.25) is 5.78 Å². The van der Waals surface area contributed by atoms with Gasteiger partial charge in [-0.1, -0.05) is 11.6 Å².